The first kappa shape index (κ1) is 7.73. The topological polar surface area (TPSA) is 51.0 Å². The molecule has 0 unspecified atom stereocenters. The molecule has 12 heavy (non-hydrogen) atoms. The molecule has 1 aliphatic rings. The van der Waals surface area contributed by atoms with E-state index in [-0.39, 0.29) is 0 Å². The SMILES string of the molecule is CCc1noc([C@@H]2CCCN2)n1. The van der Waals surface area contributed by atoms with Crippen LogP contribution < -0.4 is 5.32 Å². The van der Waals surface area contributed by atoms with Crippen LogP contribution in [-0.4, -0.2) is 16.7 Å². The molecular weight excluding hydrogens is 154 g/mol. The molecule has 1 aromatic heterocycles. The van der Waals surface area contributed by atoms with Crippen LogP contribution in [0.4, 0.5) is 0 Å². The van der Waals surface area contributed by atoms with Crippen molar-refractivity contribution in [1.29, 1.82) is 0 Å². The lowest BCUT2D eigenvalue weighted by Gasteiger charge is -2.00. The van der Waals surface area contributed by atoms with Crippen LogP contribution in [0.25, 0.3) is 0 Å². The number of aromatic nitrogens is 2. The van der Waals surface area contributed by atoms with Crippen LogP contribution >= 0.6 is 0 Å². The maximum Gasteiger partial charge on any atom is 0.243 e. The first-order valence-corrected chi connectivity index (χ1v) is 4.46. The Hall–Kier alpha value is -0.900. The molecule has 4 heteroatoms. The van der Waals surface area contributed by atoms with Crippen molar-refractivity contribution in [3.05, 3.63) is 11.7 Å². The van der Waals surface area contributed by atoms with Gasteiger partial charge in [0.2, 0.25) is 5.89 Å². The summed E-state index contributed by atoms with van der Waals surface area (Å²) in [6.07, 6.45) is 3.16. The van der Waals surface area contributed by atoms with E-state index in [0.29, 0.717) is 6.04 Å². The number of hydrogen-bond acceptors (Lipinski definition) is 4. The van der Waals surface area contributed by atoms with E-state index in [1.165, 1.54) is 6.42 Å². The zero-order valence-electron chi connectivity index (χ0n) is 7.21. The Labute approximate surface area is 71.4 Å². The monoisotopic (exact) mass is 167 g/mol. The normalized spacial score (nSPS) is 23.2. The third-order valence-corrected chi connectivity index (χ3v) is 2.16. The van der Waals surface area contributed by atoms with Gasteiger partial charge in [0.05, 0.1) is 6.04 Å². The van der Waals surface area contributed by atoms with Gasteiger partial charge in [0, 0.05) is 6.42 Å². The smallest absolute Gasteiger partial charge is 0.243 e. The Kier molecular flexibility index (Phi) is 2.08. The minimum atomic E-state index is 0.304. The Morgan fingerprint density at radius 1 is 1.67 bits per heavy atom. The van der Waals surface area contributed by atoms with Crippen LogP contribution in [0.2, 0.25) is 0 Å². The molecule has 0 bridgehead atoms. The van der Waals surface area contributed by atoms with E-state index in [9.17, 15) is 0 Å². The van der Waals surface area contributed by atoms with Crippen molar-refractivity contribution in [2.24, 2.45) is 0 Å². The summed E-state index contributed by atoms with van der Waals surface area (Å²) in [4.78, 5) is 4.27. The molecule has 0 aliphatic carbocycles. The highest BCUT2D eigenvalue weighted by Gasteiger charge is 2.21. The van der Waals surface area contributed by atoms with Crippen LogP contribution in [0.5, 0.6) is 0 Å². The fraction of sp³-hybridized carbons (Fsp3) is 0.750. The van der Waals surface area contributed by atoms with E-state index in [1.54, 1.807) is 0 Å². The van der Waals surface area contributed by atoms with E-state index < -0.39 is 0 Å². The molecule has 1 aromatic rings. The highest BCUT2D eigenvalue weighted by atomic mass is 16.5. The summed E-state index contributed by atoms with van der Waals surface area (Å²) < 4.78 is 5.12. The standard InChI is InChI=1S/C8H13N3O/c1-2-7-10-8(12-11-7)6-4-3-5-9-6/h6,9H,2-5H2,1H3/t6-/m0/s1. The maximum absolute atomic E-state index is 5.12. The molecule has 1 N–H and O–H groups in total. The molecule has 0 aromatic carbocycles. The van der Waals surface area contributed by atoms with Gasteiger partial charge in [-0.15, -0.1) is 0 Å². The largest absolute Gasteiger partial charge is 0.338 e. The fourth-order valence-corrected chi connectivity index (χ4v) is 1.45. The van der Waals surface area contributed by atoms with Crippen LogP contribution in [0.1, 0.15) is 37.5 Å². The van der Waals surface area contributed by atoms with Gasteiger partial charge in [-0.05, 0) is 19.4 Å². The molecule has 0 radical (unpaired) electrons. The second-order valence-corrected chi connectivity index (χ2v) is 3.05. The predicted octanol–water partition coefficient (Wildman–Crippen LogP) is 1.06. The van der Waals surface area contributed by atoms with E-state index in [4.69, 9.17) is 4.52 Å². The number of nitrogens with one attached hydrogen (secondary N) is 1. The third kappa shape index (κ3) is 1.34. The second-order valence-electron chi connectivity index (χ2n) is 3.05. The number of nitrogens with zero attached hydrogens (tertiary/aromatic N) is 2. The predicted molar refractivity (Wildman–Crippen MR) is 43.7 cm³/mol. The molecule has 2 rings (SSSR count). The third-order valence-electron chi connectivity index (χ3n) is 2.16. The molecule has 0 saturated carbocycles. The summed E-state index contributed by atoms with van der Waals surface area (Å²) in [5.74, 6) is 1.56. The molecule has 2 heterocycles. The first-order valence-electron chi connectivity index (χ1n) is 4.46. The molecule has 4 nitrogen and oxygen atoms in total. The average Bonchev–Trinajstić information content (AvgIpc) is 2.75. The van der Waals surface area contributed by atoms with Crippen molar-refractivity contribution in [3.63, 3.8) is 0 Å². The molecule has 0 spiro atoms. The van der Waals surface area contributed by atoms with Crippen molar-refractivity contribution >= 4 is 0 Å². The summed E-state index contributed by atoms with van der Waals surface area (Å²) in [6.45, 7) is 3.09. The molecular formula is C8H13N3O. The summed E-state index contributed by atoms with van der Waals surface area (Å²) in [7, 11) is 0. The van der Waals surface area contributed by atoms with Gasteiger partial charge in [0.15, 0.2) is 5.82 Å². The van der Waals surface area contributed by atoms with Crippen molar-refractivity contribution in [2.45, 2.75) is 32.2 Å². The van der Waals surface area contributed by atoms with Crippen LogP contribution in [0.15, 0.2) is 4.52 Å². The number of hydrogen-bond donors (Lipinski definition) is 1. The zero-order valence-corrected chi connectivity index (χ0v) is 7.21. The number of aryl methyl sites for hydroxylation is 1. The molecule has 0 amide bonds. The highest BCUT2D eigenvalue weighted by molar-refractivity contribution is 4.94. The Morgan fingerprint density at radius 2 is 2.58 bits per heavy atom. The summed E-state index contributed by atoms with van der Waals surface area (Å²) in [5.41, 5.74) is 0. The Morgan fingerprint density at radius 3 is 3.17 bits per heavy atom. The van der Waals surface area contributed by atoms with Crippen molar-refractivity contribution in [3.8, 4) is 0 Å². The Balaban J connectivity index is 2.11. The fourth-order valence-electron chi connectivity index (χ4n) is 1.45. The van der Waals surface area contributed by atoms with Gasteiger partial charge in [0.1, 0.15) is 0 Å². The van der Waals surface area contributed by atoms with Crippen LogP contribution in [0, 0.1) is 0 Å². The zero-order chi connectivity index (χ0) is 8.39. The number of rotatable bonds is 2. The van der Waals surface area contributed by atoms with Gasteiger partial charge in [-0.25, -0.2) is 0 Å². The van der Waals surface area contributed by atoms with E-state index in [2.05, 4.69) is 15.5 Å². The van der Waals surface area contributed by atoms with E-state index in [0.717, 1.165) is 31.1 Å². The minimum absolute atomic E-state index is 0.304. The van der Waals surface area contributed by atoms with Crippen molar-refractivity contribution < 1.29 is 4.52 Å². The molecule has 1 atom stereocenters. The lowest BCUT2D eigenvalue weighted by molar-refractivity contribution is 0.341. The molecule has 1 fully saturated rings. The molecule has 66 valence electrons. The first-order chi connectivity index (χ1) is 5.90. The second kappa shape index (κ2) is 3.23. The van der Waals surface area contributed by atoms with Crippen LogP contribution in [0.3, 0.4) is 0 Å². The van der Waals surface area contributed by atoms with Gasteiger partial charge in [0.25, 0.3) is 0 Å². The van der Waals surface area contributed by atoms with Gasteiger partial charge >= 0.3 is 0 Å². The minimum Gasteiger partial charge on any atom is -0.338 e. The maximum atomic E-state index is 5.12. The van der Waals surface area contributed by atoms with Gasteiger partial charge in [-0.2, -0.15) is 4.98 Å². The van der Waals surface area contributed by atoms with E-state index in [1.807, 2.05) is 6.92 Å². The van der Waals surface area contributed by atoms with Crippen molar-refractivity contribution in [1.82, 2.24) is 15.5 Å². The van der Waals surface area contributed by atoms with E-state index >= 15 is 0 Å². The van der Waals surface area contributed by atoms with Gasteiger partial charge in [-0.1, -0.05) is 12.1 Å². The molecule has 1 aliphatic heterocycles. The van der Waals surface area contributed by atoms with Crippen LogP contribution in [-0.2, 0) is 6.42 Å². The van der Waals surface area contributed by atoms with Gasteiger partial charge < -0.3 is 9.84 Å². The highest BCUT2D eigenvalue weighted by Crippen LogP contribution is 2.20. The summed E-state index contributed by atoms with van der Waals surface area (Å²) in [6, 6.07) is 0.304. The summed E-state index contributed by atoms with van der Waals surface area (Å²) >= 11 is 0. The Bertz CT molecular complexity index is 253. The van der Waals surface area contributed by atoms with Crippen molar-refractivity contribution in [2.75, 3.05) is 6.54 Å². The van der Waals surface area contributed by atoms with Gasteiger partial charge in [-0.3, -0.25) is 0 Å². The average molecular weight is 167 g/mol. The molecule has 1 saturated heterocycles. The lowest BCUT2D eigenvalue weighted by Crippen LogP contribution is -2.13. The summed E-state index contributed by atoms with van der Waals surface area (Å²) in [5, 5.41) is 7.17. The quantitative estimate of drug-likeness (QED) is 0.715. The lowest BCUT2D eigenvalue weighted by atomic mass is 10.2.